The van der Waals surface area contributed by atoms with E-state index < -0.39 is 0 Å². The standard InChI is InChI=1S/C21H23NO2/c1-15-14-17-6-2-5-9-20(17)22(15)21(23)16-10-12-19(13-11-16)24-18-7-3-4-8-18/h2,5-6,9-13,15,18H,3-4,7-8,14H2,1H3/t15-/m1/s1. The second kappa shape index (κ2) is 6.31. The number of hydrogen-bond donors (Lipinski definition) is 0. The van der Waals surface area contributed by atoms with Crippen LogP contribution in [0, 0.1) is 0 Å². The number of anilines is 1. The van der Waals surface area contributed by atoms with Crippen LogP contribution in [-0.2, 0) is 6.42 Å². The zero-order valence-electron chi connectivity index (χ0n) is 14.1. The van der Waals surface area contributed by atoms with E-state index in [1.807, 2.05) is 47.4 Å². The summed E-state index contributed by atoms with van der Waals surface area (Å²) in [7, 11) is 0. The second-order valence-electron chi connectivity index (χ2n) is 6.91. The summed E-state index contributed by atoms with van der Waals surface area (Å²) in [4.78, 5) is 14.9. The Hall–Kier alpha value is -2.29. The number of fused-ring (bicyclic) bond motifs is 1. The van der Waals surface area contributed by atoms with Gasteiger partial charge in [0, 0.05) is 17.3 Å². The van der Waals surface area contributed by atoms with Crippen molar-refractivity contribution in [1.29, 1.82) is 0 Å². The van der Waals surface area contributed by atoms with Gasteiger partial charge in [0.2, 0.25) is 0 Å². The van der Waals surface area contributed by atoms with Gasteiger partial charge in [0.1, 0.15) is 5.75 Å². The first-order valence-electron chi connectivity index (χ1n) is 8.90. The third-order valence-electron chi connectivity index (χ3n) is 5.13. The lowest BCUT2D eigenvalue weighted by Crippen LogP contribution is -2.35. The number of carbonyl (C=O) groups is 1. The van der Waals surface area contributed by atoms with Crippen LogP contribution in [0.25, 0.3) is 0 Å². The molecule has 3 heteroatoms. The van der Waals surface area contributed by atoms with Crippen LogP contribution in [0.15, 0.2) is 48.5 Å². The van der Waals surface area contributed by atoms with Gasteiger partial charge < -0.3 is 9.64 Å². The Morgan fingerprint density at radius 1 is 1.04 bits per heavy atom. The number of benzene rings is 2. The Kier molecular flexibility index (Phi) is 4.01. The Balaban J connectivity index is 1.52. The monoisotopic (exact) mass is 321 g/mol. The summed E-state index contributed by atoms with van der Waals surface area (Å²) in [5.74, 6) is 0.938. The van der Waals surface area contributed by atoms with Crippen LogP contribution in [0.3, 0.4) is 0 Å². The van der Waals surface area contributed by atoms with E-state index >= 15 is 0 Å². The average molecular weight is 321 g/mol. The summed E-state index contributed by atoms with van der Waals surface area (Å²) < 4.78 is 5.99. The molecule has 0 aromatic heterocycles. The van der Waals surface area contributed by atoms with Crippen LogP contribution in [0.2, 0.25) is 0 Å². The third kappa shape index (κ3) is 2.79. The fourth-order valence-corrected chi connectivity index (χ4v) is 3.89. The summed E-state index contributed by atoms with van der Waals surface area (Å²) in [6, 6.07) is 16.0. The minimum absolute atomic E-state index is 0.0693. The van der Waals surface area contributed by atoms with Crippen LogP contribution < -0.4 is 9.64 Å². The zero-order valence-corrected chi connectivity index (χ0v) is 14.1. The largest absolute Gasteiger partial charge is 0.490 e. The van der Waals surface area contributed by atoms with Gasteiger partial charge in [-0.3, -0.25) is 4.79 Å². The molecule has 0 unspecified atom stereocenters. The highest BCUT2D eigenvalue weighted by molar-refractivity contribution is 6.07. The van der Waals surface area contributed by atoms with Gasteiger partial charge >= 0.3 is 0 Å². The van der Waals surface area contributed by atoms with Crippen molar-refractivity contribution in [3.63, 3.8) is 0 Å². The molecular weight excluding hydrogens is 298 g/mol. The molecule has 1 heterocycles. The molecule has 0 N–H and O–H groups in total. The van der Waals surface area contributed by atoms with Gasteiger partial charge in [-0.15, -0.1) is 0 Å². The molecule has 1 atom stereocenters. The molecule has 0 saturated heterocycles. The van der Waals surface area contributed by atoms with Crippen molar-refractivity contribution in [2.75, 3.05) is 4.90 Å². The fourth-order valence-electron chi connectivity index (χ4n) is 3.89. The lowest BCUT2D eigenvalue weighted by atomic mass is 10.1. The maximum atomic E-state index is 13.0. The van der Waals surface area contributed by atoms with Gasteiger partial charge in [0.15, 0.2) is 0 Å². The molecule has 2 aromatic rings. The number of carbonyl (C=O) groups excluding carboxylic acids is 1. The van der Waals surface area contributed by atoms with Crippen LogP contribution in [-0.4, -0.2) is 18.1 Å². The summed E-state index contributed by atoms with van der Waals surface area (Å²) in [6.45, 7) is 2.11. The number of amides is 1. The Morgan fingerprint density at radius 3 is 2.50 bits per heavy atom. The Labute approximate surface area is 143 Å². The first kappa shape index (κ1) is 15.3. The summed E-state index contributed by atoms with van der Waals surface area (Å²) >= 11 is 0. The summed E-state index contributed by atoms with van der Waals surface area (Å²) in [6.07, 6.45) is 6.06. The van der Waals surface area contributed by atoms with E-state index in [-0.39, 0.29) is 11.9 Å². The Morgan fingerprint density at radius 2 is 1.75 bits per heavy atom. The highest BCUT2D eigenvalue weighted by Gasteiger charge is 2.31. The maximum absolute atomic E-state index is 13.0. The van der Waals surface area contributed by atoms with E-state index in [1.54, 1.807) is 0 Å². The van der Waals surface area contributed by atoms with E-state index in [4.69, 9.17) is 4.74 Å². The van der Waals surface area contributed by atoms with Crippen molar-refractivity contribution in [2.45, 2.75) is 51.2 Å². The number of para-hydroxylation sites is 1. The van der Waals surface area contributed by atoms with Crippen molar-refractivity contribution in [1.82, 2.24) is 0 Å². The van der Waals surface area contributed by atoms with Gasteiger partial charge in [-0.2, -0.15) is 0 Å². The summed E-state index contributed by atoms with van der Waals surface area (Å²) in [5, 5.41) is 0. The molecule has 124 valence electrons. The lowest BCUT2D eigenvalue weighted by molar-refractivity contribution is 0.0981. The number of nitrogens with zero attached hydrogens (tertiary/aromatic N) is 1. The predicted molar refractivity (Wildman–Crippen MR) is 95.7 cm³/mol. The van der Waals surface area contributed by atoms with Gasteiger partial charge in [0.05, 0.1) is 6.10 Å². The molecule has 1 aliphatic heterocycles. The smallest absolute Gasteiger partial charge is 0.258 e. The van der Waals surface area contributed by atoms with Gasteiger partial charge in [-0.05, 0) is 74.9 Å². The van der Waals surface area contributed by atoms with Crippen LogP contribution >= 0.6 is 0 Å². The zero-order chi connectivity index (χ0) is 16.5. The van der Waals surface area contributed by atoms with E-state index in [0.717, 1.165) is 36.3 Å². The van der Waals surface area contributed by atoms with E-state index in [2.05, 4.69) is 13.0 Å². The molecule has 0 radical (unpaired) electrons. The van der Waals surface area contributed by atoms with Crippen molar-refractivity contribution in [3.8, 4) is 5.75 Å². The maximum Gasteiger partial charge on any atom is 0.258 e. The SMILES string of the molecule is C[C@@H]1Cc2ccccc2N1C(=O)c1ccc(OC2CCCC2)cc1. The highest BCUT2D eigenvalue weighted by Crippen LogP contribution is 2.33. The number of rotatable bonds is 3. The molecule has 2 aromatic carbocycles. The van der Waals surface area contributed by atoms with Crippen molar-refractivity contribution >= 4 is 11.6 Å². The highest BCUT2D eigenvalue weighted by atomic mass is 16.5. The van der Waals surface area contributed by atoms with Crippen LogP contribution in [0.4, 0.5) is 5.69 Å². The van der Waals surface area contributed by atoms with E-state index in [0.29, 0.717) is 6.10 Å². The molecule has 24 heavy (non-hydrogen) atoms. The first-order chi connectivity index (χ1) is 11.7. The van der Waals surface area contributed by atoms with Crippen LogP contribution in [0.1, 0.15) is 48.5 Å². The van der Waals surface area contributed by atoms with E-state index in [1.165, 1.54) is 18.4 Å². The fraction of sp³-hybridized carbons (Fsp3) is 0.381. The molecule has 0 spiro atoms. The van der Waals surface area contributed by atoms with Gasteiger partial charge in [-0.25, -0.2) is 0 Å². The minimum atomic E-state index is 0.0693. The predicted octanol–water partition coefficient (Wildman–Crippen LogP) is 4.60. The molecule has 0 bridgehead atoms. The lowest BCUT2D eigenvalue weighted by Gasteiger charge is -2.23. The molecule has 4 rings (SSSR count). The number of hydrogen-bond acceptors (Lipinski definition) is 2. The Bertz CT molecular complexity index is 732. The van der Waals surface area contributed by atoms with Crippen molar-refractivity contribution in [2.24, 2.45) is 0 Å². The molecule has 1 fully saturated rings. The minimum Gasteiger partial charge on any atom is -0.490 e. The average Bonchev–Trinajstić information content (AvgIpc) is 3.21. The van der Waals surface area contributed by atoms with Crippen molar-refractivity contribution < 1.29 is 9.53 Å². The van der Waals surface area contributed by atoms with Crippen molar-refractivity contribution in [3.05, 3.63) is 59.7 Å². The normalized spacial score (nSPS) is 20.2. The second-order valence-corrected chi connectivity index (χ2v) is 6.91. The number of ether oxygens (including phenoxy) is 1. The molecular formula is C21H23NO2. The topological polar surface area (TPSA) is 29.5 Å². The van der Waals surface area contributed by atoms with Crippen LogP contribution in [0.5, 0.6) is 5.75 Å². The van der Waals surface area contributed by atoms with Gasteiger partial charge in [-0.1, -0.05) is 18.2 Å². The van der Waals surface area contributed by atoms with E-state index in [9.17, 15) is 4.79 Å². The molecule has 1 saturated carbocycles. The third-order valence-corrected chi connectivity index (χ3v) is 5.13. The molecule has 1 aliphatic carbocycles. The van der Waals surface area contributed by atoms with Gasteiger partial charge in [0.25, 0.3) is 5.91 Å². The quantitative estimate of drug-likeness (QED) is 0.827. The molecule has 3 nitrogen and oxygen atoms in total. The molecule has 2 aliphatic rings. The molecule has 1 amide bonds. The first-order valence-corrected chi connectivity index (χ1v) is 8.90. The summed E-state index contributed by atoms with van der Waals surface area (Å²) in [5.41, 5.74) is 3.01.